The number of hydrogen-bond acceptors (Lipinski definition) is 5. The summed E-state index contributed by atoms with van der Waals surface area (Å²) < 4.78 is 10.9. The van der Waals surface area contributed by atoms with Crippen LogP contribution in [0.15, 0.2) is 34.2 Å². The first-order chi connectivity index (χ1) is 10.1. The van der Waals surface area contributed by atoms with Crippen LogP contribution in [-0.2, 0) is 0 Å². The lowest BCUT2D eigenvalue weighted by atomic mass is 10.0. The van der Waals surface area contributed by atoms with Gasteiger partial charge < -0.3 is 15.0 Å². The minimum absolute atomic E-state index is 0.392. The summed E-state index contributed by atoms with van der Waals surface area (Å²) in [7, 11) is 1.66. The summed E-state index contributed by atoms with van der Waals surface area (Å²) >= 11 is 1.62. The van der Waals surface area contributed by atoms with Crippen molar-refractivity contribution in [3.63, 3.8) is 0 Å². The molecule has 1 aromatic carbocycles. The van der Waals surface area contributed by atoms with Crippen LogP contribution in [0.1, 0.15) is 11.1 Å². The van der Waals surface area contributed by atoms with Gasteiger partial charge in [-0.15, -0.1) is 11.3 Å². The molecule has 0 fully saturated rings. The highest BCUT2D eigenvalue weighted by molar-refractivity contribution is 7.13. The van der Waals surface area contributed by atoms with Crippen molar-refractivity contribution in [3.8, 4) is 27.5 Å². The first-order valence-electron chi connectivity index (χ1n) is 6.56. The molecule has 0 spiro atoms. The second-order valence-corrected chi connectivity index (χ2v) is 5.81. The predicted molar refractivity (Wildman–Crippen MR) is 85.7 cm³/mol. The molecule has 0 atom stereocenters. The number of nitrogens with two attached hydrogens (primary N) is 1. The molecule has 0 saturated heterocycles. The Morgan fingerprint density at radius 2 is 2.00 bits per heavy atom. The minimum Gasteiger partial charge on any atom is -0.496 e. The lowest BCUT2D eigenvalue weighted by Crippen LogP contribution is -1.91. The highest BCUT2D eigenvalue weighted by Gasteiger charge is 2.20. The maximum atomic E-state index is 6.02. The third-order valence-corrected chi connectivity index (χ3v) is 4.50. The van der Waals surface area contributed by atoms with Gasteiger partial charge in [-0.05, 0) is 48.1 Å². The van der Waals surface area contributed by atoms with E-state index >= 15 is 0 Å². The zero-order valence-electron chi connectivity index (χ0n) is 12.1. The molecule has 0 aliphatic carbocycles. The molecule has 0 amide bonds. The van der Waals surface area contributed by atoms with Gasteiger partial charge in [0.05, 0.1) is 17.6 Å². The van der Waals surface area contributed by atoms with Gasteiger partial charge >= 0.3 is 0 Å². The van der Waals surface area contributed by atoms with E-state index in [0.29, 0.717) is 11.6 Å². The second-order valence-electron chi connectivity index (χ2n) is 4.89. The van der Waals surface area contributed by atoms with E-state index in [1.807, 2.05) is 37.4 Å². The zero-order valence-corrected chi connectivity index (χ0v) is 13.0. The third kappa shape index (κ3) is 2.29. The molecule has 0 unspecified atom stereocenters. The van der Waals surface area contributed by atoms with Crippen molar-refractivity contribution < 1.29 is 9.26 Å². The Hall–Kier alpha value is -2.27. The topological polar surface area (TPSA) is 61.3 Å². The number of ether oxygens (including phenoxy) is 1. The molecule has 2 heterocycles. The van der Waals surface area contributed by atoms with Gasteiger partial charge in [0.1, 0.15) is 5.75 Å². The number of hydrogen-bond donors (Lipinski definition) is 1. The van der Waals surface area contributed by atoms with Crippen molar-refractivity contribution in [2.45, 2.75) is 13.8 Å². The SMILES string of the molecule is COc1cc(-c2c(N)noc2-c2sccc2C)ccc1C. The molecule has 108 valence electrons. The molecule has 0 saturated carbocycles. The van der Waals surface area contributed by atoms with Crippen molar-refractivity contribution in [2.75, 3.05) is 12.8 Å². The van der Waals surface area contributed by atoms with E-state index in [-0.39, 0.29) is 0 Å². The van der Waals surface area contributed by atoms with Gasteiger partial charge in [-0.25, -0.2) is 0 Å². The fraction of sp³-hybridized carbons (Fsp3) is 0.188. The van der Waals surface area contributed by atoms with E-state index in [4.69, 9.17) is 15.0 Å². The van der Waals surface area contributed by atoms with Crippen LogP contribution >= 0.6 is 11.3 Å². The summed E-state index contributed by atoms with van der Waals surface area (Å²) in [6.07, 6.45) is 0. The summed E-state index contributed by atoms with van der Waals surface area (Å²) in [4.78, 5) is 1.05. The Morgan fingerprint density at radius 1 is 1.19 bits per heavy atom. The summed E-state index contributed by atoms with van der Waals surface area (Å²) in [5, 5.41) is 5.97. The number of nitrogen functional groups attached to an aromatic ring is 1. The number of benzene rings is 1. The van der Waals surface area contributed by atoms with Gasteiger partial charge in [-0.1, -0.05) is 17.3 Å². The Balaban J connectivity index is 2.19. The average molecular weight is 300 g/mol. The van der Waals surface area contributed by atoms with Gasteiger partial charge in [0.15, 0.2) is 11.6 Å². The molecule has 2 N–H and O–H groups in total. The van der Waals surface area contributed by atoms with E-state index in [9.17, 15) is 0 Å². The number of anilines is 1. The van der Waals surface area contributed by atoms with Crippen molar-refractivity contribution in [1.29, 1.82) is 0 Å². The van der Waals surface area contributed by atoms with Crippen molar-refractivity contribution >= 4 is 17.2 Å². The van der Waals surface area contributed by atoms with Crippen LogP contribution in [0.5, 0.6) is 5.75 Å². The molecule has 0 aliphatic rings. The standard InChI is InChI=1S/C16H16N2O2S/c1-9-4-5-11(8-12(9)19-3)13-14(20-18-16(13)17)15-10(2)6-7-21-15/h4-8H,1-3H3,(H2,17,18). The Morgan fingerprint density at radius 3 is 2.67 bits per heavy atom. The van der Waals surface area contributed by atoms with Crippen LogP contribution in [0.2, 0.25) is 0 Å². The summed E-state index contributed by atoms with van der Waals surface area (Å²) in [6, 6.07) is 8.03. The molecule has 0 bridgehead atoms. The number of aromatic nitrogens is 1. The lowest BCUT2D eigenvalue weighted by Gasteiger charge is -2.08. The quantitative estimate of drug-likeness (QED) is 0.784. The normalized spacial score (nSPS) is 10.8. The van der Waals surface area contributed by atoms with Gasteiger partial charge in [0.2, 0.25) is 0 Å². The summed E-state index contributed by atoms with van der Waals surface area (Å²) in [5.41, 5.74) is 10.0. The smallest absolute Gasteiger partial charge is 0.187 e. The molecule has 0 radical (unpaired) electrons. The second kappa shape index (κ2) is 5.26. The fourth-order valence-electron chi connectivity index (χ4n) is 2.32. The Labute approximate surface area is 127 Å². The highest BCUT2D eigenvalue weighted by Crippen LogP contribution is 2.41. The van der Waals surface area contributed by atoms with Crippen LogP contribution < -0.4 is 10.5 Å². The molecule has 2 aromatic heterocycles. The van der Waals surface area contributed by atoms with E-state index < -0.39 is 0 Å². The minimum atomic E-state index is 0.392. The van der Waals surface area contributed by atoms with Crippen LogP contribution in [0.4, 0.5) is 5.82 Å². The number of thiophene rings is 1. The molecular weight excluding hydrogens is 284 g/mol. The van der Waals surface area contributed by atoms with Crippen molar-refractivity contribution in [3.05, 3.63) is 40.8 Å². The van der Waals surface area contributed by atoms with Crippen LogP contribution in [0.3, 0.4) is 0 Å². The van der Waals surface area contributed by atoms with Gasteiger partial charge in [-0.3, -0.25) is 0 Å². The lowest BCUT2D eigenvalue weighted by molar-refractivity contribution is 0.412. The number of nitrogens with zero attached hydrogens (tertiary/aromatic N) is 1. The Kier molecular flexibility index (Phi) is 3.43. The average Bonchev–Trinajstić information content (AvgIpc) is 3.05. The van der Waals surface area contributed by atoms with Crippen LogP contribution in [0.25, 0.3) is 21.8 Å². The number of methoxy groups -OCH3 is 1. The summed E-state index contributed by atoms with van der Waals surface area (Å²) in [6.45, 7) is 4.05. The third-order valence-electron chi connectivity index (χ3n) is 3.48. The maximum absolute atomic E-state index is 6.02. The highest BCUT2D eigenvalue weighted by atomic mass is 32.1. The van der Waals surface area contributed by atoms with Crippen molar-refractivity contribution in [1.82, 2.24) is 5.16 Å². The van der Waals surface area contributed by atoms with Crippen LogP contribution in [-0.4, -0.2) is 12.3 Å². The van der Waals surface area contributed by atoms with E-state index in [1.165, 1.54) is 0 Å². The summed E-state index contributed by atoms with van der Waals surface area (Å²) in [5.74, 6) is 1.93. The maximum Gasteiger partial charge on any atom is 0.187 e. The van der Waals surface area contributed by atoms with E-state index in [1.54, 1.807) is 18.4 Å². The molecule has 3 aromatic rings. The molecular formula is C16H16N2O2S. The number of aryl methyl sites for hydroxylation is 2. The van der Waals surface area contributed by atoms with Crippen LogP contribution in [0, 0.1) is 13.8 Å². The van der Waals surface area contributed by atoms with Gasteiger partial charge in [-0.2, -0.15) is 0 Å². The molecule has 21 heavy (non-hydrogen) atoms. The first-order valence-corrected chi connectivity index (χ1v) is 7.44. The fourth-order valence-corrected chi connectivity index (χ4v) is 3.23. The van der Waals surface area contributed by atoms with Gasteiger partial charge in [0.25, 0.3) is 0 Å². The number of rotatable bonds is 3. The van der Waals surface area contributed by atoms with Gasteiger partial charge in [0, 0.05) is 0 Å². The molecule has 3 rings (SSSR count). The monoisotopic (exact) mass is 300 g/mol. The van der Waals surface area contributed by atoms with E-state index in [0.717, 1.165) is 32.9 Å². The largest absolute Gasteiger partial charge is 0.496 e. The molecule has 0 aliphatic heterocycles. The molecule has 5 heteroatoms. The van der Waals surface area contributed by atoms with Crippen molar-refractivity contribution in [2.24, 2.45) is 0 Å². The molecule has 4 nitrogen and oxygen atoms in total. The van der Waals surface area contributed by atoms with E-state index in [2.05, 4.69) is 11.2 Å². The zero-order chi connectivity index (χ0) is 15.0. The Bertz CT molecular complexity index is 789. The predicted octanol–water partition coefficient (Wildman–Crippen LogP) is 4.28. The first kappa shape index (κ1) is 13.7.